The van der Waals surface area contributed by atoms with Crippen molar-refractivity contribution >= 4 is 17.9 Å². The van der Waals surface area contributed by atoms with E-state index in [0.29, 0.717) is 24.0 Å². The molecule has 1 saturated carbocycles. The molecule has 3 aliphatic rings. The SMILES string of the molecule is C[C@@]12C[C@@H](C[C@H]3C(=O)O[C@@H](c4ccoc4)[C@H](OC(=O)c4ccccc4)[C@@H]31)OC2=O. The zero-order valence-corrected chi connectivity index (χ0v) is 15.8. The van der Waals surface area contributed by atoms with E-state index < -0.39 is 41.4 Å². The summed E-state index contributed by atoms with van der Waals surface area (Å²) in [6, 6.07) is 10.3. The van der Waals surface area contributed by atoms with Gasteiger partial charge in [-0.1, -0.05) is 18.2 Å². The Morgan fingerprint density at radius 1 is 1.14 bits per heavy atom. The third-order valence-corrected chi connectivity index (χ3v) is 6.40. The van der Waals surface area contributed by atoms with Gasteiger partial charge in [-0.3, -0.25) is 9.59 Å². The summed E-state index contributed by atoms with van der Waals surface area (Å²) in [5, 5.41) is 0. The highest BCUT2D eigenvalue weighted by Gasteiger charge is 2.66. The Hall–Kier alpha value is -3.09. The Bertz CT molecular complexity index is 951. The summed E-state index contributed by atoms with van der Waals surface area (Å²) >= 11 is 0. The topological polar surface area (TPSA) is 92.0 Å². The number of cyclic esters (lactones) is 1. The van der Waals surface area contributed by atoms with Crippen LogP contribution in [0.3, 0.4) is 0 Å². The number of hydrogen-bond donors (Lipinski definition) is 0. The summed E-state index contributed by atoms with van der Waals surface area (Å²) in [7, 11) is 0. The number of furan rings is 1. The Morgan fingerprint density at radius 3 is 2.66 bits per heavy atom. The Kier molecular flexibility index (Phi) is 4.01. The molecule has 3 fully saturated rings. The number of fused-ring (bicyclic) bond motifs is 4. The maximum atomic E-state index is 12.9. The van der Waals surface area contributed by atoms with Gasteiger partial charge in [0.1, 0.15) is 12.2 Å². The molecule has 0 unspecified atom stereocenters. The molecule has 7 heteroatoms. The van der Waals surface area contributed by atoms with Crippen molar-refractivity contribution in [2.24, 2.45) is 17.3 Å². The van der Waals surface area contributed by atoms with E-state index in [2.05, 4.69) is 0 Å². The van der Waals surface area contributed by atoms with Gasteiger partial charge in [0.05, 0.1) is 29.4 Å². The van der Waals surface area contributed by atoms with Crippen molar-refractivity contribution in [2.75, 3.05) is 0 Å². The van der Waals surface area contributed by atoms with Gasteiger partial charge in [0, 0.05) is 17.9 Å². The molecule has 3 heterocycles. The second kappa shape index (κ2) is 6.47. The minimum atomic E-state index is -0.920. The molecule has 1 aliphatic carbocycles. The second-order valence-electron chi connectivity index (χ2n) is 8.17. The van der Waals surface area contributed by atoms with E-state index in [-0.39, 0.29) is 12.1 Å². The fraction of sp³-hybridized carbons (Fsp3) is 0.409. The van der Waals surface area contributed by atoms with E-state index in [1.165, 1.54) is 12.5 Å². The lowest BCUT2D eigenvalue weighted by molar-refractivity contribution is -0.197. The Labute approximate surface area is 166 Å². The smallest absolute Gasteiger partial charge is 0.338 e. The predicted octanol–water partition coefficient (Wildman–Crippen LogP) is 3.06. The van der Waals surface area contributed by atoms with Crippen molar-refractivity contribution in [1.82, 2.24) is 0 Å². The number of rotatable bonds is 3. The molecule has 0 amide bonds. The third-order valence-electron chi connectivity index (χ3n) is 6.40. The summed E-state index contributed by atoms with van der Waals surface area (Å²) < 4.78 is 22.3. The highest BCUT2D eigenvalue weighted by Crippen LogP contribution is 2.57. The third kappa shape index (κ3) is 2.75. The molecule has 150 valence electrons. The molecule has 2 bridgehead atoms. The maximum absolute atomic E-state index is 12.9. The highest BCUT2D eigenvalue weighted by atomic mass is 16.6. The van der Waals surface area contributed by atoms with Crippen LogP contribution in [0.2, 0.25) is 0 Å². The van der Waals surface area contributed by atoms with Crippen LogP contribution in [-0.2, 0) is 23.8 Å². The van der Waals surface area contributed by atoms with Crippen molar-refractivity contribution in [2.45, 2.75) is 38.1 Å². The van der Waals surface area contributed by atoms with E-state index in [4.69, 9.17) is 18.6 Å². The standard InChI is InChI=1S/C22H20O7/c1-22-10-14(27-21(22)25)9-15-16(22)18(29-19(23)12-5-3-2-4-6-12)17(28-20(15)24)13-7-8-26-11-13/h2-8,11,14-18H,9-10H2,1H3/t14-,15-,16-,17+,18-,22-/m1/s1. The van der Waals surface area contributed by atoms with Crippen molar-refractivity contribution in [3.05, 3.63) is 60.1 Å². The molecule has 0 N–H and O–H groups in total. The number of carbonyl (C=O) groups is 3. The van der Waals surface area contributed by atoms with E-state index >= 15 is 0 Å². The van der Waals surface area contributed by atoms with Gasteiger partial charge in [-0.05, 0) is 31.5 Å². The molecule has 6 atom stereocenters. The first kappa shape index (κ1) is 18.0. The number of benzene rings is 1. The molecule has 5 rings (SSSR count). The average molecular weight is 396 g/mol. The van der Waals surface area contributed by atoms with Crippen LogP contribution in [0, 0.1) is 17.3 Å². The van der Waals surface area contributed by atoms with Crippen LogP contribution >= 0.6 is 0 Å². The average Bonchev–Trinajstić information content (AvgIpc) is 3.32. The molecule has 0 radical (unpaired) electrons. The summed E-state index contributed by atoms with van der Waals surface area (Å²) in [4.78, 5) is 38.4. The molecule has 7 nitrogen and oxygen atoms in total. The molecular formula is C22H20O7. The van der Waals surface area contributed by atoms with Crippen LogP contribution in [-0.4, -0.2) is 30.1 Å². The van der Waals surface area contributed by atoms with Crippen LogP contribution in [0.4, 0.5) is 0 Å². The number of hydrogen-bond acceptors (Lipinski definition) is 7. The zero-order valence-electron chi connectivity index (χ0n) is 15.8. The number of ether oxygens (including phenoxy) is 3. The first-order chi connectivity index (χ1) is 14.0. The van der Waals surface area contributed by atoms with E-state index in [0.717, 1.165) is 0 Å². The summed E-state index contributed by atoms with van der Waals surface area (Å²) in [6.07, 6.45) is 1.81. The first-order valence-corrected chi connectivity index (χ1v) is 9.67. The van der Waals surface area contributed by atoms with Crippen molar-refractivity contribution < 1.29 is 33.0 Å². The Morgan fingerprint density at radius 2 is 1.93 bits per heavy atom. The van der Waals surface area contributed by atoms with Gasteiger partial charge in [-0.15, -0.1) is 0 Å². The van der Waals surface area contributed by atoms with Crippen LogP contribution in [0.25, 0.3) is 0 Å². The molecular weight excluding hydrogens is 376 g/mol. The minimum Gasteiger partial charge on any atom is -0.472 e. The lowest BCUT2D eigenvalue weighted by Gasteiger charge is -2.48. The van der Waals surface area contributed by atoms with Crippen molar-refractivity contribution in [3.63, 3.8) is 0 Å². The Balaban J connectivity index is 1.56. The quantitative estimate of drug-likeness (QED) is 0.581. The molecule has 1 aromatic carbocycles. The highest BCUT2D eigenvalue weighted by molar-refractivity contribution is 5.90. The number of carbonyl (C=O) groups excluding carboxylic acids is 3. The van der Waals surface area contributed by atoms with Gasteiger partial charge in [-0.2, -0.15) is 0 Å². The van der Waals surface area contributed by atoms with Gasteiger partial charge in [0.25, 0.3) is 0 Å². The van der Waals surface area contributed by atoms with E-state index in [9.17, 15) is 14.4 Å². The van der Waals surface area contributed by atoms with Gasteiger partial charge >= 0.3 is 17.9 Å². The lowest BCUT2D eigenvalue weighted by Crippen LogP contribution is -2.56. The molecule has 2 saturated heterocycles. The summed E-state index contributed by atoms with van der Waals surface area (Å²) in [6.45, 7) is 1.79. The van der Waals surface area contributed by atoms with Crippen molar-refractivity contribution in [1.29, 1.82) is 0 Å². The van der Waals surface area contributed by atoms with Gasteiger partial charge in [0.2, 0.25) is 0 Å². The van der Waals surface area contributed by atoms with Crippen LogP contribution in [0.15, 0.2) is 53.3 Å². The van der Waals surface area contributed by atoms with Gasteiger partial charge < -0.3 is 18.6 Å². The largest absolute Gasteiger partial charge is 0.472 e. The fourth-order valence-electron chi connectivity index (χ4n) is 5.06. The minimum absolute atomic E-state index is 0.308. The van der Waals surface area contributed by atoms with Gasteiger partial charge in [0.15, 0.2) is 6.10 Å². The summed E-state index contributed by atoms with van der Waals surface area (Å²) in [5.74, 6) is -2.39. The van der Waals surface area contributed by atoms with Crippen LogP contribution in [0.5, 0.6) is 0 Å². The van der Waals surface area contributed by atoms with Crippen molar-refractivity contribution in [3.8, 4) is 0 Å². The maximum Gasteiger partial charge on any atom is 0.338 e. The monoisotopic (exact) mass is 396 g/mol. The molecule has 2 aromatic rings. The lowest BCUT2D eigenvalue weighted by atomic mass is 9.59. The predicted molar refractivity (Wildman–Crippen MR) is 97.4 cm³/mol. The molecule has 29 heavy (non-hydrogen) atoms. The normalized spacial score (nSPS) is 35.4. The van der Waals surface area contributed by atoms with Crippen LogP contribution < -0.4 is 0 Å². The number of esters is 3. The molecule has 0 spiro atoms. The molecule has 1 aromatic heterocycles. The first-order valence-electron chi connectivity index (χ1n) is 9.67. The van der Waals surface area contributed by atoms with Crippen LogP contribution in [0.1, 0.15) is 41.8 Å². The summed E-state index contributed by atoms with van der Waals surface area (Å²) in [5.41, 5.74) is 0.0517. The van der Waals surface area contributed by atoms with Gasteiger partial charge in [-0.25, -0.2) is 4.79 Å². The van der Waals surface area contributed by atoms with E-state index in [1.807, 2.05) is 0 Å². The van der Waals surface area contributed by atoms with E-state index in [1.54, 1.807) is 43.3 Å². The fourth-order valence-corrected chi connectivity index (χ4v) is 5.06. The molecule has 2 aliphatic heterocycles. The zero-order chi connectivity index (χ0) is 20.2. The second-order valence-corrected chi connectivity index (χ2v) is 8.17.